The summed E-state index contributed by atoms with van der Waals surface area (Å²) >= 11 is 0. The highest BCUT2D eigenvalue weighted by atomic mass is 16.2. The van der Waals surface area contributed by atoms with Crippen molar-refractivity contribution in [3.8, 4) is 0 Å². The lowest BCUT2D eigenvalue weighted by Crippen LogP contribution is -2.25. The Morgan fingerprint density at radius 1 is 1.15 bits per heavy atom. The van der Waals surface area contributed by atoms with Gasteiger partial charge in [-0.15, -0.1) is 0 Å². The van der Waals surface area contributed by atoms with Crippen LogP contribution in [0.1, 0.15) is 42.4 Å². The van der Waals surface area contributed by atoms with Crippen molar-refractivity contribution in [2.24, 2.45) is 17.8 Å². The molecule has 2 aliphatic carbocycles. The molecule has 20 heavy (non-hydrogen) atoms. The Kier molecular flexibility index (Phi) is 3.03. The summed E-state index contributed by atoms with van der Waals surface area (Å²) in [6.07, 6.45) is 5.19. The van der Waals surface area contributed by atoms with Crippen molar-refractivity contribution in [3.63, 3.8) is 0 Å². The third-order valence-corrected chi connectivity index (χ3v) is 5.33. The van der Waals surface area contributed by atoms with E-state index >= 15 is 0 Å². The zero-order chi connectivity index (χ0) is 13.5. The van der Waals surface area contributed by atoms with Gasteiger partial charge in [-0.2, -0.15) is 0 Å². The first-order valence-electron chi connectivity index (χ1n) is 7.92. The van der Waals surface area contributed by atoms with Crippen LogP contribution in [0.2, 0.25) is 0 Å². The van der Waals surface area contributed by atoms with E-state index in [1.165, 1.54) is 42.4 Å². The number of rotatable bonds is 3. The van der Waals surface area contributed by atoms with Crippen molar-refractivity contribution in [1.29, 1.82) is 0 Å². The van der Waals surface area contributed by atoms with E-state index in [9.17, 15) is 4.79 Å². The topological polar surface area (TPSA) is 41.1 Å². The molecule has 1 aromatic carbocycles. The molecule has 1 aromatic rings. The van der Waals surface area contributed by atoms with Crippen molar-refractivity contribution in [3.05, 3.63) is 34.9 Å². The molecule has 0 radical (unpaired) electrons. The normalized spacial score (nSPS) is 30.5. The largest absolute Gasteiger partial charge is 0.352 e. The summed E-state index contributed by atoms with van der Waals surface area (Å²) in [5.74, 6) is 2.02. The fraction of sp³-hybridized carbons (Fsp3) is 0.588. The Balaban J connectivity index is 1.35. The van der Waals surface area contributed by atoms with Gasteiger partial charge >= 0.3 is 0 Å². The molecular formula is C17H22N2O. The molecule has 1 amide bonds. The molecule has 2 saturated carbocycles. The molecule has 3 aliphatic rings. The van der Waals surface area contributed by atoms with E-state index in [0.29, 0.717) is 30.2 Å². The SMILES string of the molecule is O=C(NCc1ccc2c(c1)CNC2)C1C2CCCCC21. The van der Waals surface area contributed by atoms with Crippen molar-refractivity contribution in [1.82, 2.24) is 10.6 Å². The van der Waals surface area contributed by atoms with Crippen LogP contribution in [0.4, 0.5) is 0 Å². The molecule has 3 heteroatoms. The predicted octanol–water partition coefficient (Wildman–Crippen LogP) is 2.34. The van der Waals surface area contributed by atoms with Crippen LogP contribution in [0.5, 0.6) is 0 Å². The molecule has 2 N–H and O–H groups in total. The lowest BCUT2D eigenvalue weighted by molar-refractivity contribution is -0.123. The van der Waals surface area contributed by atoms with Crippen LogP contribution < -0.4 is 10.6 Å². The van der Waals surface area contributed by atoms with Crippen molar-refractivity contribution < 1.29 is 4.79 Å². The smallest absolute Gasteiger partial charge is 0.223 e. The summed E-state index contributed by atoms with van der Waals surface area (Å²) in [6.45, 7) is 2.62. The van der Waals surface area contributed by atoms with Crippen LogP contribution in [0.15, 0.2) is 18.2 Å². The number of benzene rings is 1. The second-order valence-electron chi connectivity index (χ2n) is 6.56. The minimum Gasteiger partial charge on any atom is -0.352 e. The zero-order valence-electron chi connectivity index (χ0n) is 11.8. The van der Waals surface area contributed by atoms with Gasteiger partial charge in [0.2, 0.25) is 5.91 Å². The van der Waals surface area contributed by atoms with Gasteiger partial charge in [0.1, 0.15) is 0 Å². The molecular weight excluding hydrogens is 248 g/mol. The zero-order valence-corrected chi connectivity index (χ0v) is 11.8. The van der Waals surface area contributed by atoms with Gasteiger partial charge in [0, 0.05) is 25.6 Å². The molecule has 2 fully saturated rings. The van der Waals surface area contributed by atoms with Crippen LogP contribution in [-0.2, 0) is 24.4 Å². The van der Waals surface area contributed by atoms with Crippen LogP contribution in [0.3, 0.4) is 0 Å². The van der Waals surface area contributed by atoms with E-state index in [-0.39, 0.29) is 0 Å². The summed E-state index contributed by atoms with van der Waals surface area (Å²) in [5.41, 5.74) is 4.01. The fourth-order valence-corrected chi connectivity index (χ4v) is 4.15. The Hall–Kier alpha value is -1.35. The average Bonchev–Trinajstić information content (AvgIpc) is 3.03. The first-order valence-corrected chi connectivity index (χ1v) is 7.92. The first kappa shape index (κ1) is 12.4. The number of fused-ring (bicyclic) bond motifs is 2. The van der Waals surface area contributed by atoms with Gasteiger partial charge in [-0.05, 0) is 41.4 Å². The maximum absolute atomic E-state index is 12.3. The van der Waals surface area contributed by atoms with Gasteiger partial charge in [0.25, 0.3) is 0 Å². The minimum atomic E-state index is 0.292. The van der Waals surface area contributed by atoms with Crippen LogP contribution in [0, 0.1) is 17.8 Å². The summed E-state index contributed by atoms with van der Waals surface area (Å²) in [4.78, 5) is 12.3. The maximum Gasteiger partial charge on any atom is 0.223 e. The highest BCUT2D eigenvalue weighted by Crippen LogP contribution is 2.55. The number of carbonyl (C=O) groups excluding carboxylic acids is 1. The quantitative estimate of drug-likeness (QED) is 0.885. The Morgan fingerprint density at radius 2 is 1.90 bits per heavy atom. The van der Waals surface area contributed by atoms with Gasteiger partial charge in [0.15, 0.2) is 0 Å². The number of hydrogen-bond acceptors (Lipinski definition) is 2. The summed E-state index contributed by atoms with van der Waals surface area (Å²) in [7, 11) is 0. The van der Waals surface area contributed by atoms with Crippen molar-refractivity contribution in [2.45, 2.75) is 45.3 Å². The third-order valence-electron chi connectivity index (χ3n) is 5.33. The number of hydrogen-bond donors (Lipinski definition) is 2. The molecule has 0 spiro atoms. The summed E-state index contributed by atoms with van der Waals surface area (Å²) in [5, 5.41) is 6.50. The van der Waals surface area contributed by atoms with Gasteiger partial charge in [-0.1, -0.05) is 31.0 Å². The summed E-state index contributed by atoms with van der Waals surface area (Å²) in [6, 6.07) is 6.56. The van der Waals surface area contributed by atoms with E-state index in [4.69, 9.17) is 0 Å². The van der Waals surface area contributed by atoms with Crippen LogP contribution >= 0.6 is 0 Å². The molecule has 0 saturated heterocycles. The second-order valence-corrected chi connectivity index (χ2v) is 6.56. The molecule has 2 atom stereocenters. The Morgan fingerprint density at radius 3 is 2.70 bits per heavy atom. The Labute approximate surface area is 120 Å². The lowest BCUT2D eigenvalue weighted by atomic mass is 10.0. The number of amides is 1. The molecule has 0 bridgehead atoms. The van der Waals surface area contributed by atoms with Crippen molar-refractivity contribution in [2.75, 3.05) is 0 Å². The number of nitrogens with one attached hydrogen (secondary N) is 2. The minimum absolute atomic E-state index is 0.292. The van der Waals surface area contributed by atoms with E-state index < -0.39 is 0 Å². The third kappa shape index (κ3) is 2.14. The maximum atomic E-state index is 12.3. The van der Waals surface area contributed by atoms with E-state index in [1.54, 1.807) is 0 Å². The fourth-order valence-electron chi connectivity index (χ4n) is 4.15. The molecule has 1 heterocycles. The predicted molar refractivity (Wildman–Crippen MR) is 77.8 cm³/mol. The lowest BCUT2D eigenvalue weighted by Gasteiger charge is -2.07. The van der Waals surface area contributed by atoms with Crippen LogP contribution in [0.25, 0.3) is 0 Å². The van der Waals surface area contributed by atoms with E-state index in [0.717, 1.165) is 13.1 Å². The molecule has 2 unspecified atom stereocenters. The molecule has 4 rings (SSSR count). The van der Waals surface area contributed by atoms with Gasteiger partial charge < -0.3 is 10.6 Å². The number of carbonyl (C=O) groups is 1. The van der Waals surface area contributed by atoms with E-state index in [2.05, 4.69) is 28.8 Å². The molecule has 3 nitrogen and oxygen atoms in total. The van der Waals surface area contributed by atoms with Gasteiger partial charge in [-0.25, -0.2) is 0 Å². The molecule has 0 aromatic heterocycles. The van der Waals surface area contributed by atoms with Crippen LogP contribution in [-0.4, -0.2) is 5.91 Å². The standard InChI is InChI=1S/C17H22N2O/c20-17(16-14-3-1-2-4-15(14)16)19-8-11-5-6-12-9-18-10-13(12)7-11/h5-7,14-16,18H,1-4,8-10H2,(H,19,20). The second kappa shape index (κ2) is 4.88. The highest BCUT2D eigenvalue weighted by Gasteiger charge is 2.54. The highest BCUT2D eigenvalue weighted by molar-refractivity contribution is 5.82. The molecule has 1 aliphatic heterocycles. The molecule has 106 valence electrons. The van der Waals surface area contributed by atoms with Crippen molar-refractivity contribution >= 4 is 5.91 Å². The van der Waals surface area contributed by atoms with Gasteiger partial charge in [-0.3, -0.25) is 4.79 Å². The summed E-state index contributed by atoms with van der Waals surface area (Å²) < 4.78 is 0. The first-order chi connectivity index (χ1) is 9.83. The average molecular weight is 270 g/mol. The van der Waals surface area contributed by atoms with E-state index in [1.807, 2.05) is 0 Å². The monoisotopic (exact) mass is 270 g/mol. The van der Waals surface area contributed by atoms with Gasteiger partial charge in [0.05, 0.1) is 0 Å². The Bertz CT molecular complexity index is 528.